The van der Waals surface area contributed by atoms with Gasteiger partial charge in [-0.2, -0.15) is 0 Å². The molecular formula is C12H17NO4S. The molecule has 0 fully saturated rings. The van der Waals surface area contributed by atoms with E-state index in [1.165, 1.54) is 16.2 Å². The van der Waals surface area contributed by atoms with Gasteiger partial charge in [0, 0.05) is 10.9 Å². The molecular weight excluding hydrogens is 254 g/mol. The van der Waals surface area contributed by atoms with Crippen molar-refractivity contribution in [3.8, 4) is 0 Å². The van der Waals surface area contributed by atoms with Crippen LogP contribution in [0.1, 0.15) is 24.8 Å². The third-order valence-electron chi connectivity index (χ3n) is 2.54. The molecule has 1 unspecified atom stereocenters. The van der Waals surface area contributed by atoms with Gasteiger partial charge in [-0.05, 0) is 17.4 Å². The van der Waals surface area contributed by atoms with Crippen LogP contribution in [0.2, 0.25) is 0 Å². The first-order valence-corrected chi connectivity index (χ1v) is 6.50. The maximum Gasteiger partial charge on any atom is 0.317 e. The highest BCUT2D eigenvalue weighted by Crippen LogP contribution is 2.31. The Hall–Kier alpha value is -1.40. The lowest BCUT2D eigenvalue weighted by Crippen LogP contribution is -2.39. The molecule has 0 aromatic carbocycles. The van der Waals surface area contributed by atoms with Crippen molar-refractivity contribution in [2.75, 3.05) is 13.1 Å². The van der Waals surface area contributed by atoms with Crippen LogP contribution in [0.3, 0.4) is 0 Å². The second-order valence-corrected chi connectivity index (χ2v) is 5.38. The van der Waals surface area contributed by atoms with Crippen molar-refractivity contribution in [1.29, 1.82) is 0 Å². The standard InChI is InChI=1S/C12H17NO4S/c1-8(2)12(9-4-3-5-18-9)13(6-10(14)15)7-11(16)17/h3-5,8,12H,6-7H2,1-2H3,(H,14,15)(H,16,17). The van der Waals surface area contributed by atoms with Crippen LogP contribution in [-0.2, 0) is 9.59 Å². The first-order chi connectivity index (χ1) is 8.41. The van der Waals surface area contributed by atoms with Crippen molar-refractivity contribution in [3.63, 3.8) is 0 Å². The van der Waals surface area contributed by atoms with Crippen molar-refractivity contribution < 1.29 is 19.8 Å². The summed E-state index contributed by atoms with van der Waals surface area (Å²) in [5.41, 5.74) is 0. The molecule has 1 heterocycles. The van der Waals surface area contributed by atoms with E-state index in [1.54, 1.807) is 0 Å². The van der Waals surface area contributed by atoms with Crippen LogP contribution in [0.25, 0.3) is 0 Å². The van der Waals surface area contributed by atoms with Gasteiger partial charge in [-0.3, -0.25) is 14.5 Å². The Kier molecular flexibility index (Phi) is 5.30. The SMILES string of the molecule is CC(C)C(c1cccs1)N(CC(=O)O)CC(=O)O. The molecule has 1 atom stereocenters. The van der Waals surface area contributed by atoms with E-state index in [9.17, 15) is 9.59 Å². The van der Waals surface area contributed by atoms with Crippen LogP contribution in [-0.4, -0.2) is 40.1 Å². The topological polar surface area (TPSA) is 77.8 Å². The zero-order valence-corrected chi connectivity index (χ0v) is 11.2. The second-order valence-electron chi connectivity index (χ2n) is 4.40. The zero-order chi connectivity index (χ0) is 13.7. The van der Waals surface area contributed by atoms with E-state index >= 15 is 0 Å². The van der Waals surface area contributed by atoms with Gasteiger partial charge in [0.1, 0.15) is 0 Å². The van der Waals surface area contributed by atoms with Crippen molar-refractivity contribution in [2.45, 2.75) is 19.9 Å². The largest absolute Gasteiger partial charge is 0.480 e. The van der Waals surface area contributed by atoms with Gasteiger partial charge in [0.15, 0.2) is 0 Å². The van der Waals surface area contributed by atoms with E-state index in [0.717, 1.165) is 4.88 Å². The van der Waals surface area contributed by atoms with E-state index in [0.29, 0.717) is 0 Å². The first kappa shape index (κ1) is 14.7. The summed E-state index contributed by atoms with van der Waals surface area (Å²) in [5.74, 6) is -1.89. The Morgan fingerprint density at radius 1 is 1.28 bits per heavy atom. The Labute approximate surface area is 110 Å². The summed E-state index contributed by atoms with van der Waals surface area (Å²) < 4.78 is 0. The Balaban J connectivity index is 2.97. The predicted octanol–water partition coefficient (Wildman–Crippen LogP) is 1.92. The molecule has 1 aromatic heterocycles. The zero-order valence-electron chi connectivity index (χ0n) is 10.4. The molecule has 18 heavy (non-hydrogen) atoms. The van der Waals surface area contributed by atoms with Gasteiger partial charge in [-0.1, -0.05) is 19.9 Å². The fourth-order valence-corrected chi connectivity index (χ4v) is 3.02. The molecule has 0 saturated heterocycles. The lowest BCUT2D eigenvalue weighted by atomic mass is 10.0. The van der Waals surface area contributed by atoms with Crippen molar-refractivity contribution in [1.82, 2.24) is 4.90 Å². The van der Waals surface area contributed by atoms with Crippen molar-refractivity contribution in [2.24, 2.45) is 5.92 Å². The van der Waals surface area contributed by atoms with Gasteiger partial charge in [-0.25, -0.2) is 0 Å². The molecule has 0 saturated carbocycles. The molecule has 0 aliphatic heterocycles. The van der Waals surface area contributed by atoms with Gasteiger partial charge in [0.2, 0.25) is 0 Å². The van der Waals surface area contributed by atoms with Crippen LogP contribution in [0.5, 0.6) is 0 Å². The van der Waals surface area contributed by atoms with Crippen LogP contribution in [0.4, 0.5) is 0 Å². The van der Waals surface area contributed by atoms with E-state index in [1.807, 2.05) is 31.4 Å². The Morgan fingerprint density at radius 3 is 2.17 bits per heavy atom. The van der Waals surface area contributed by atoms with E-state index in [2.05, 4.69) is 0 Å². The third kappa shape index (κ3) is 4.12. The van der Waals surface area contributed by atoms with Crippen LogP contribution in [0.15, 0.2) is 17.5 Å². The number of nitrogens with zero attached hydrogens (tertiary/aromatic N) is 1. The summed E-state index contributed by atoms with van der Waals surface area (Å²) in [4.78, 5) is 24.2. The highest BCUT2D eigenvalue weighted by atomic mass is 32.1. The normalized spacial score (nSPS) is 12.9. The van der Waals surface area contributed by atoms with Gasteiger partial charge >= 0.3 is 11.9 Å². The number of carbonyl (C=O) groups is 2. The van der Waals surface area contributed by atoms with Gasteiger partial charge in [0.25, 0.3) is 0 Å². The predicted molar refractivity (Wildman–Crippen MR) is 68.7 cm³/mol. The minimum Gasteiger partial charge on any atom is -0.480 e. The molecule has 0 aliphatic rings. The lowest BCUT2D eigenvalue weighted by Gasteiger charge is -2.31. The lowest BCUT2D eigenvalue weighted by molar-refractivity contribution is -0.143. The maximum atomic E-state index is 10.9. The molecule has 2 N–H and O–H groups in total. The van der Waals surface area contributed by atoms with Crippen LogP contribution >= 0.6 is 11.3 Å². The minimum absolute atomic E-state index is 0.141. The molecule has 1 rings (SSSR count). The quantitative estimate of drug-likeness (QED) is 0.792. The summed E-state index contributed by atoms with van der Waals surface area (Å²) in [6.07, 6.45) is 0. The number of rotatable bonds is 7. The van der Waals surface area contributed by atoms with Crippen molar-refractivity contribution >= 4 is 23.3 Å². The molecule has 0 aliphatic carbocycles. The molecule has 0 amide bonds. The average Bonchev–Trinajstić information content (AvgIpc) is 2.68. The molecule has 5 nitrogen and oxygen atoms in total. The van der Waals surface area contributed by atoms with Crippen LogP contribution in [0, 0.1) is 5.92 Å². The second kappa shape index (κ2) is 6.51. The summed E-state index contributed by atoms with van der Waals surface area (Å²) >= 11 is 1.51. The van der Waals surface area contributed by atoms with Gasteiger partial charge < -0.3 is 10.2 Å². The van der Waals surface area contributed by atoms with E-state index in [4.69, 9.17) is 10.2 Å². The van der Waals surface area contributed by atoms with Gasteiger partial charge in [-0.15, -0.1) is 11.3 Å². The highest BCUT2D eigenvalue weighted by Gasteiger charge is 2.27. The Bertz CT molecular complexity index is 386. The molecule has 0 bridgehead atoms. The third-order valence-corrected chi connectivity index (χ3v) is 3.48. The molecule has 6 heteroatoms. The Morgan fingerprint density at radius 2 is 1.83 bits per heavy atom. The smallest absolute Gasteiger partial charge is 0.317 e. The molecule has 1 aromatic rings. The summed E-state index contributed by atoms with van der Waals surface area (Å²) in [5, 5.41) is 19.7. The number of aliphatic carboxylic acids is 2. The number of hydrogen-bond donors (Lipinski definition) is 2. The number of carboxylic acids is 2. The molecule has 0 spiro atoms. The monoisotopic (exact) mass is 271 g/mol. The molecule has 0 radical (unpaired) electrons. The number of carboxylic acid groups (broad SMARTS) is 2. The fourth-order valence-electron chi connectivity index (χ4n) is 1.99. The number of hydrogen-bond acceptors (Lipinski definition) is 4. The molecule has 100 valence electrons. The maximum absolute atomic E-state index is 10.9. The number of thiophene rings is 1. The first-order valence-electron chi connectivity index (χ1n) is 5.63. The van der Waals surface area contributed by atoms with Crippen LogP contribution < -0.4 is 0 Å². The van der Waals surface area contributed by atoms with E-state index < -0.39 is 11.9 Å². The summed E-state index contributed by atoms with van der Waals surface area (Å²) in [7, 11) is 0. The van der Waals surface area contributed by atoms with E-state index in [-0.39, 0.29) is 25.0 Å². The van der Waals surface area contributed by atoms with Gasteiger partial charge in [0.05, 0.1) is 13.1 Å². The summed E-state index contributed by atoms with van der Waals surface area (Å²) in [6, 6.07) is 3.61. The van der Waals surface area contributed by atoms with Crippen molar-refractivity contribution in [3.05, 3.63) is 22.4 Å². The average molecular weight is 271 g/mol. The summed E-state index contributed by atoms with van der Waals surface area (Å²) in [6.45, 7) is 3.38. The minimum atomic E-state index is -1.02. The highest BCUT2D eigenvalue weighted by molar-refractivity contribution is 7.10. The fraction of sp³-hybridized carbons (Fsp3) is 0.500.